The average Bonchev–Trinajstić information content (AvgIpc) is 1.94. The SMILES string of the molecule is CC1CCCCC1CCCl. The van der Waals surface area contributed by atoms with Crippen LogP contribution in [0.4, 0.5) is 0 Å². The highest BCUT2D eigenvalue weighted by atomic mass is 35.5. The van der Waals surface area contributed by atoms with E-state index in [0.717, 1.165) is 17.7 Å². The molecule has 0 radical (unpaired) electrons. The Labute approximate surface area is 69.0 Å². The van der Waals surface area contributed by atoms with Crippen molar-refractivity contribution in [2.45, 2.75) is 39.0 Å². The van der Waals surface area contributed by atoms with Crippen molar-refractivity contribution in [2.75, 3.05) is 5.88 Å². The fraction of sp³-hybridized carbons (Fsp3) is 1.00. The first-order valence-electron chi connectivity index (χ1n) is 4.40. The Morgan fingerprint density at radius 3 is 2.60 bits per heavy atom. The van der Waals surface area contributed by atoms with Crippen LogP contribution in [-0.4, -0.2) is 5.88 Å². The van der Waals surface area contributed by atoms with Gasteiger partial charge in [0.05, 0.1) is 0 Å². The minimum Gasteiger partial charge on any atom is -0.127 e. The largest absolute Gasteiger partial charge is 0.127 e. The second kappa shape index (κ2) is 4.23. The smallest absolute Gasteiger partial charge is 0.0226 e. The molecular formula is C9H17Cl. The Morgan fingerprint density at radius 1 is 1.30 bits per heavy atom. The van der Waals surface area contributed by atoms with Crippen LogP contribution in [0.2, 0.25) is 0 Å². The summed E-state index contributed by atoms with van der Waals surface area (Å²) < 4.78 is 0. The second-order valence-corrected chi connectivity index (χ2v) is 3.88. The molecule has 1 aliphatic carbocycles. The summed E-state index contributed by atoms with van der Waals surface area (Å²) in [5, 5.41) is 0. The lowest BCUT2D eigenvalue weighted by molar-refractivity contribution is 0.250. The molecule has 10 heavy (non-hydrogen) atoms. The fourth-order valence-corrected chi connectivity index (χ4v) is 2.24. The number of halogens is 1. The molecular weight excluding hydrogens is 144 g/mol. The van der Waals surface area contributed by atoms with Crippen LogP contribution < -0.4 is 0 Å². The van der Waals surface area contributed by atoms with Gasteiger partial charge in [-0.05, 0) is 18.3 Å². The van der Waals surface area contributed by atoms with Gasteiger partial charge in [-0.2, -0.15) is 0 Å². The Bertz CT molecular complexity index is 88.7. The topological polar surface area (TPSA) is 0 Å². The zero-order chi connectivity index (χ0) is 7.40. The van der Waals surface area contributed by atoms with Crippen molar-refractivity contribution in [1.29, 1.82) is 0 Å². The van der Waals surface area contributed by atoms with Gasteiger partial charge in [0.25, 0.3) is 0 Å². The van der Waals surface area contributed by atoms with Gasteiger partial charge < -0.3 is 0 Å². The summed E-state index contributed by atoms with van der Waals surface area (Å²) in [6, 6.07) is 0. The van der Waals surface area contributed by atoms with Gasteiger partial charge in [-0.15, -0.1) is 11.6 Å². The van der Waals surface area contributed by atoms with Gasteiger partial charge in [-0.3, -0.25) is 0 Å². The van der Waals surface area contributed by atoms with Crippen molar-refractivity contribution in [2.24, 2.45) is 11.8 Å². The monoisotopic (exact) mass is 160 g/mol. The maximum absolute atomic E-state index is 5.70. The van der Waals surface area contributed by atoms with Gasteiger partial charge in [-0.1, -0.05) is 32.6 Å². The van der Waals surface area contributed by atoms with Crippen LogP contribution >= 0.6 is 11.6 Å². The number of hydrogen-bond acceptors (Lipinski definition) is 0. The highest BCUT2D eigenvalue weighted by molar-refractivity contribution is 6.17. The van der Waals surface area contributed by atoms with E-state index < -0.39 is 0 Å². The lowest BCUT2D eigenvalue weighted by Crippen LogP contribution is -2.16. The fourth-order valence-electron chi connectivity index (χ4n) is 1.96. The van der Waals surface area contributed by atoms with Gasteiger partial charge in [0.15, 0.2) is 0 Å². The third kappa shape index (κ3) is 2.16. The summed E-state index contributed by atoms with van der Waals surface area (Å²) >= 11 is 5.70. The molecule has 0 aromatic rings. The van der Waals surface area contributed by atoms with Crippen molar-refractivity contribution in [3.63, 3.8) is 0 Å². The Kier molecular flexibility index (Phi) is 3.55. The number of hydrogen-bond donors (Lipinski definition) is 0. The lowest BCUT2D eigenvalue weighted by atomic mass is 9.79. The zero-order valence-electron chi connectivity index (χ0n) is 6.78. The van der Waals surface area contributed by atoms with Crippen LogP contribution in [0.15, 0.2) is 0 Å². The Morgan fingerprint density at radius 2 is 2.00 bits per heavy atom. The van der Waals surface area contributed by atoms with Crippen molar-refractivity contribution in [3.8, 4) is 0 Å². The first kappa shape index (κ1) is 8.39. The van der Waals surface area contributed by atoms with Gasteiger partial charge >= 0.3 is 0 Å². The van der Waals surface area contributed by atoms with Crippen molar-refractivity contribution in [1.82, 2.24) is 0 Å². The molecule has 2 unspecified atom stereocenters. The summed E-state index contributed by atoms with van der Waals surface area (Å²) in [6.45, 7) is 2.37. The molecule has 0 heterocycles. The summed E-state index contributed by atoms with van der Waals surface area (Å²) in [6.07, 6.45) is 6.98. The minimum absolute atomic E-state index is 0.856. The molecule has 0 spiro atoms. The molecule has 1 heteroatoms. The predicted octanol–water partition coefficient (Wildman–Crippen LogP) is 3.44. The normalized spacial score (nSPS) is 34.2. The van der Waals surface area contributed by atoms with E-state index in [1.165, 1.54) is 32.1 Å². The van der Waals surface area contributed by atoms with Crippen LogP contribution in [-0.2, 0) is 0 Å². The summed E-state index contributed by atoms with van der Waals surface area (Å²) in [5.74, 6) is 2.73. The summed E-state index contributed by atoms with van der Waals surface area (Å²) in [4.78, 5) is 0. The third-order valence-corrected chi connectivity index (χ3v) is 2.99. The molecule has 1 saturated carbocycles. The molecule has 0 bridgehead atoms. The Hall–Kier alpha value is 0.290. The zero-order valence-corrected chi connectivity index (χ0v) is 7.53. The molecule has 1 rings (SSSR count). The van der Waals surface area contributed by atoms with E-state index in [9.17, 15) is 0 Å². The van der Waals surface area contributed by atoms with E-state index in [1.807, 2.05) is 0 Å². The third-order valence-electron chi connectivity index (χ3n) is 2.77. The Balaban J connectivity index is 2.25. The minimum atomic E-state index is 0.856. The predicted molar refractivity (Wildman–Crippen MR) is 46.5 cm³/mol. The van der Waals surface area contributed by atoms with E-state index in [-0.39, 0.29) is 0 Å². The molecule has 0 aliphatic heterocycles. The van der Waals surface area contributed by atoms with Crippen LogP contribution in [0.5, 0.6) is 0 Å². The lowest BCUT2D eigenvalue weighted by Gasteiger charge is -2.27. The van der Waals surface area contributed by atoms with Crippen LogP contribution in [0.3, 0.4) is 0 Å². The maximum Gasteiger partial charge on any atom is 0.0226 e. The maximum atomic E-state index is 5.70. The highest BCUT2D eigenvalue weighted by Crippen LogP contribution is 2.31. The molecule has 0 nitrogen and oxygen atoms in total. The van der Waals surface area contributed by atoms with Crippen LogP contribution in [0, 0.1) is 11.8 Å². The van der Waals surface area contributed by atoms with Crippen molar-refractivity contribution < 1.29 is 0 Å². The summed E-state index contributed by atoms with van der Waals surface area (Å²) in [7, 11) is 0. The van der Waals surface area contributed by atoms with E-state index in [1.54, 1.807) is 0 Å². The van der Waals surface area contributed by atoms with E-state index in [0.29, 0.717) is 0 Å². The van der Waals surface area contributed by atoms with Crippen LogP contribution in [0.25, 0.3) is 0 Å². The molecule has 0 aromatic carbocycles. The van der Waals surface area contributed by atoms with Crippen LogP contribution in [0.1, 0.15) is 39.0 Å². The van der Waals surface area contributed by atoms with Gasteiger partial charge in [0.2, 0.25) is 0 Å². The van der Waals surface area contributed by atoms with E-state index in [4.69, 9.17) is 11.6 Å². The van der Waals surface area contributed by atoms with E-state index in [2.05, 4.69) is 6.92 Å². The molecule has 60 valence electrons. The highest BCUT2D eigenvalue weighted by Gasteiger charge is 2.19. The average molecular weight is 161 g/mol. The van der Waals surface area contributed by atoms with Gasteiger partial charge in [0, 0.05) is 5.88 Å². The van der Waals surface area contributed by atoms with Gasteiger partial charge in [-0.25, -0.2) is 0 Å². The molecule has 0 N–H and O–H groups in total. The first-order chi connectivity index (χ1) is 4.84. The molecule has 0 aromatic heterocycles. The van der Waals surface area contributed by atoms with Gasteiger partial charge in [0.1, 0.15) is 0 Å². The first-order valence-corrected chi connectivity index (χ1v) is 4.94. The quantitative estimate of drug-likeness (QED) is 0.543. The van der Waals surface area contributed by atoms with Crippen molar-refractivity contribution >= 4 is 11.6 Å². The molecule has 1 fully saturated rings. The summed E-state index contributed by atoms with van der Waals surface area (Å²) in [5.41, 5.74) is 0. The standard InChI is InChI=1S/C9H17Cl/c1-8-4-2-3-5-9(8)6-7-10/h8-9H,2-7H2,1H3. The number of alkyl halides is 1. The second-order valence-electron chi connectivity index (χ2n) is 3.50. The molecule has 2 atom stereocenters. The van der Waals surface area contributed by atoms with Crippen molar-refractivity contribution in [3.05, 3.63) is 0 Å². The molecule has 0 saturated heterocycles. The number of rotatable bonds is 2. The van der Waals surface area contributed by atoms with E-state index >= 15 is 0 Å². The molecule has 0 amide bonds. The molecule has 1 aliphatic rings.